The molecule has 2 atom stereocenters. The quantitative estimate of drug-likeness (QED) is 0.351. The highest BCUT2D eigenvalue weighted by atomic mass is 16.6. The second kappa shape index (κ2) is 9.02. The molecular weight excluding hydrogens is 280 g/mol. The predicted octanol–water partition coefficient (Wildman–Crippen LogP) is 3.23. The number of benzene rings is 1. The first kappa shape index (κ1) is 17.9. The molecule has 1 aromatic carbocycles. The Bertz CT molecular complexity index is 485. The molecule has 0 bridgehead atoms. The third-order valence-electron chi connectivity index (χ3n) is 3.56. The standard InChI is InChI=1S/C16H26N4O2/c1-5-12(3)18-16(19-13(4)6-2)17-11-14-7-9-15(10-8-14)20(21)22/h7-10,12-13H,5-6,11H2,1-4H3,(H2,17,18,19). The lowest BCUT2D eigenvalue weighted by atomic mass is 10.2. The molecule has 0 radical (unpaired) electrons. The van der Waals surface area contributed by atoms with Gasteiger partial charge in [-0.1, -0.05) is 26.0 Å². The normalized spacial score (nSPS) is 13.1. The molecule has 0 aliphatic rings. The van der Waals surface area contributed by atoms with Gasteiger partial charge in [0, 0.05) is 24.2 Å². The van der Waals surface area contributed by atoms with Crippen LogP contribution in [-0.4, -0.2) is 23.0 Å². The van der Waals surface area contributed by atoms with E-state index in [4.69, 9.17) is 0 Å². The first-order valence-corrected chi connectivity index (χ1v) is 7.77. The van der Waals surface area contributed by atoms with Crippen molar-refractivity contribution >= 4 is 11.6 Å². The summed E-state index contributed by atoms with van der Waals surface area (Å²) in [6, 6.07) is 7.18. The van der Waals surface area contributed by atoms with Crippen molar-refractivity contribution in [2.24, 2.45) is 4.99 Å². The van der Waals surface area contributed by atoms with Crippen molar-refractivity contribution in [1.29, 1.82) is 0 Å². The van der Waals surface area contributed by atoms with Crippen LogP contribution >= 0.6 is 0 Å². The van der Waals surface area contributed by atoms with Crippen LogP contribution in [-0.2, 0) is 6.54 Å². The molecule has 6 heteroatoms. The zero-order valence-electron chi connectivity index (χ0n) is 13.8. The van der Waals surface area contributed by atoms with Crippen molar-refractivity contribution in [2.75, 3.05) is 0 Å². The minimum absolute atomic E-state index is 0.100. The average molecular weight is 306 g/mol. The highest BCUT2D eigenvalue weighted by molar-refractivity contribution is 5.80. The lowest BCUT2D eigenvalue weighted by Crippen LogP contribution is -2.45. The van der Waals surface area contributed by atoms with Gasteiger partial charge in [0.1, 0.15) is 0 Å². The fourth-order valence-corrected chi connectivity index (χ4v) is 1.70. The molecule has 0 aliphatic carbocycles. The number of hydrogen-bond acceptors (Lipinski definition) is 3. The molecule has 0 saturated heterocycles. The van der Waals surface area contributed by atoms with Gasteiger partial charge in [-0.25, -0.2) is 4.99 Å². The van der Waals surface area contributed by atoms with Gasteiger partial charge in [0.25, 0.3) is 5.69 Å². The molecule has 1 rings (SSSR count). The van der Waals surface area contributed by atoms with Crippen molar-refractivity contribution in [3.63, 3.8) is 0 Å². The summed E-state index contributed by atoms with van der Waals surface area (Å²) in [4.78, 5) is 14.8. The SMILES string of the molecule is CCC(C)NC(=NCc1ccc([N+](=O)[O-])cc1)NC(C)CC. The number of nitro groups is 1. The largest absolute Gasteiger partial charge is 0.354 e. The van der Waals surface area contributed by atoms with Crippen LogP contribution in [0.25, 0.3) is 0 Å². The van der Waals surface area contributed by atoms with Crippen LogP contribution in [0.5, 0.6) is 0 Å². The lowest BCUT2D eigenvalue weighted by Gasteiger charge is -2.20. The third kappa shape index (κ3) is 6.11. The lowest BCUT2D eigenvalue weighted by molar-refractivity contribution is -0.384. The molecule has 1 aromatic rings. The van der Waals surface area contributed by atoms with E-state index in [-0.39, 0.29) is 5.69 Å². The summed E-state index contributed by atoms with van der Waals surface area (Å²) in [7, 11) is 0. The summed E-state index contributed by atoms with van der Waals surface area (Å²) in [5, 5.41) is 17.4. The molecule has 0 aliphatic heterocycles. The van der Waals surface area contributed by atoms with E-state index in [1.807, 2.05) is 0 Å². The molecule has 0 amide bonds. The number of nitrogens with zero attached hydrogens (tertiary/aromatic N) is 2. The van der Waals surface area contributed by atoms with E-state index < -0.39 is 4.92 Å². The Balaban J connectivity index is 2.75. The molecule has 0 aromatic heterocycles. The predicted molar refractivity (Wildman–Crippen MR) is 90.0 cm³/mol. The molecule has 0 heterocycles. The molecule has 2 N–H and O–H groups in total. The second-order valence-corrected chi connectivity index (χ2v) is 5.50. The van der Waals surface area contributed by atoms with Gasteiger partial charge < -0.3 is 10.6 Å². The maximum Gasteiger partial charge on any atom is 0.269 e. The van der Waals surface area contributed by atoms with Crippen molar-refractivity contribution in [2.45, 2.75) is 59.2 Å². The summed E-state index contributed by atoms with van der Waals surface area (Å²) in [6.45, 7) is 8.95. The summed E-state index contributed by atoms with van der Waals surface area (Å²) in [5.74, 6) is 0.780. The van der Waals surface area contributed by atoms with Crippen LogP contribution in [0, 0.1) is 10.1 Å². The number of non-ortho nitro benzene ring substituents is 1. The summed E-state index contributed by atoms with van der Waals surface area (Å²) in [6.07, 6.45) is 2.03. The van der Waals surface area contributed by atoms with Gasteiger partial charge in [0.2, 0.25) is 0 Å². The number of guanidine groups is 1. The minimum Gasteiger partial charge on any atom is -0.354 e. The Labute approximate surface area is 132 Å². The smallest absolute Gasteiger partial charge is 0.269 e. The van der Waals surface area contributed by atoms with Gasteiger partial charge in [-0.2, -0.15) is 0 Å². The van der Waals surface area contributed by atoms with Crippen molar-refractivity contribution < 1.29 is 4.92 Å². The van der Waals surface area contributed by atoms with Gasteiger partial charge in [-0.3, -0.25) is 10.1 Å². The molecule has 6 nitrogen and oxygen atoms in total. The fraction of sp³-hybridized carbons (Fsp3) is 0.562. The highest BCUT2D eigenvalue weighted by Crippen LogP contribution is 2.12. The van der Waals surface area contributed by atoms with E-state index in [1.54, 1.807) is 12.1 Å². The fourth-order valence-electron chi connectivity index (χ4n) is 1.70. The van der Waals surface area contributed by atoms with Crippen LogP contribution in [0.3, 0.4) is 0 Å². The minimum atomic E-state index is -0.395. The van der Waals surface area contributed by atoms with Crippen LogP contribution < -0.4 is 10.6 Å². The number of rotatable bonds is 7. The van der Waals surface area contributed by atoms with Crippen LogP contribution in [0.4, 0.5) is 5.69 Å². The molecule has 0 fully saturated rings. The first-order valence-electron chi connectivity index (χ1n) is 7.77. The Kier molecular flexibility index (Phi) is 7.36. The van der Waals surface area contributed by atoms with Gasteiger partial charge in [-0.15, -0.1) is 0 Å². The molecule has 22 heavy (non-hydrogen) atoms. The van der Waals surface area contributed by atoms with Gasteiger partial charge in [0.05, 0.1) is 11.5 Å². The molecule has 0 saturated carbocycles. The van der Waals surface area contributed by atoms with Crippen molar-refractivity contribution in [1.82, 2.24) is 10.6 Å². The summed E-state index contributed by atoms with van der Waals surface area (Å²) >= 11 is 0. The van der Waals surface area contributed by atoms with Crippen LogP contribution in [0.2, 0.25) is 0 Å². The number of nitro benzene ring substituents is 1. The maximum absolute atomic E-state index is 10.6. The van der Waals surface area contributed by atoms with Gasteiger partial charge in [-0.05, 0) is 32.3 Å². The summed E-state index contributed by atoms with van der Waals surface area (Å²) in [5.41, 5.74) is 1.04. The van der Waals surface area contributed by atoms with E-state index in [9.17, 15) is 10.1 Å². The van der Waals surface area contributed by atoms with Crippen molar-refractivity contribution in [3.8, 4) is 0 Å². The Hall–Kier alpha value is -2.11. The second-order valence-electron chi connectivity index (χ2n) is 5.50. The van der Waals surface area contributed by atoms with Crippen LogP contribution in [0.1, 0.15) is 46.1 Å². The van der Waals surface area contributed by atoms with E-state index >= 15 is 0 Å². The van der Waals surface area contributed by atoms with E-state index in [0.29, 0.717) is 18.6 Å². The van der Waals surface area contributed by atoms with Gasteiger partial charge >= 0.3 is 0 Å². The van der Waals surface area contributed by atoms with E-state index in [2.05, 4.69) is 43.3 Å². The highest BCUT2D eigenvalue weighted by Gasteiger charge is 2.07. The van der Waals surface area contributed by atoms with E-state index in [1.165, 1.54) is 12.1 Å². The molecular formula is C16H26N4O2. The topological polar surface area (TPSA) is 79.6 Å². The molecule has 0 spiro atoms. The Morgan fingerprint density at radius 3 is 2.05 bits per heavy atom. The van der Waals surface area contributed by atoms with Crippen molar-refractivity contribution in [3.05, 3.63) is 39.9 Å². The zero-order chi connectivity index (χ0) is 16.5. The van der Waals surface area contributed by atoms with Crippen LogP contribution in [0.15, 0.2) is 29.3 Å². The van der Waals surface area contributed by atoms with Gasteiger partial charge in [0.15, 0.2) is 5.96 Å². The molecule has 122 valence electrons. The first-order chi connectivity index (χ1) is 10.5. The molecule has 2 unspecified atom stereocenters. The Morgan fingerprint density at radius 1 is 1.14 bits per heavy atom. The third-order valence-corrected chi connectivity index (χ3v) is 3.56. The zero-order valence-corrected chi connectivity index (χ0v) is 13.8. The summed E-state index contributed by atoms with van der Waals surface area (Å²) < 4.78 is 0. The number of nitrogens with one attached hydrogen (secondary N) is 2. The maximum atomic E-state index is 10.6. The number of aliphatic imine (C=N–C) groups is 1. The monoisotopic (exact) mass is 306 g/mol. The average Bonchev–Trinajstić information content (AvgIpc) is 2.52. The Morgan fingerprint density at radius 2 is 1.64 bits per heavy atom. The number of hydrogen-bond donors (Lipinski definition) is 2. The van der Waals surface area contributed by atoms with E-state index in [0.717, 1.165) is 24.4 Å².